The van der Waals surface area contributed by atoms with Gasteiger partial charge in [0.1, 0.15) is 5.82 Å². The van der Waals surface area contributed by atoms with Crippen LogP contribution < -0.4 is 11.1 Å². The monoisotopic (exact) mass is 260 g/mol. The minimum absolute atomic E-state index is 0.0503. The summed E-state index contributed by atoms with van der Waals surface area (Å²) >= 11 is 0. The molecular weight excluding hydrogens is 245 g/mol. The van der Waals surface area contributed by atoms with Gasteiger partial charge in [0.25, 0.3) is 0 Å². The molecule has 0 aromatic heterocycles. The van der Waals surface area contributed by atoms with Gasteiger partial charge in [-0.3, -0.25) is 4.79 Å². The Morgan fingerprint density at radius 2 is 2.00 bits per heavy atom. The van der Waals surface area contributed by atoms with Crippen molar-refractivity contribution in [3.05, 3.63) is 29.6 Å². The van der Waals surface area contributed by atoms with E-state index in [0.717, 1.165) is 6.07 Å². The van der Waals surface area contributed by atoms with Crippen LogP contribution >= 0.6 is 0 Å². The molecule has 3 nitrogen and oxygen atoms in total. The molecule has 6 heteroatoms. The van der Waals surface area contributed by atoms with Gasteiger partial charge in [-0.25, -0.2) is 13.2 Å². The van der Waals surface area contributed by atoms with Crippen molar-refractivity contribution < 1.29 is 18.0 Å². The first-order chi connectivity index (χ1) is 8.34. The third-order valence-corrected chi connectivity index (χ3v) is 3.02. The minimum Gasteiger partial charge on any atom is -0.329 e. The molecule has 18 heavy (non-hydrogen) atoms. The van der Waals surface area contributed by atoms with E-state index in [1.165, 1.54) is 0 Å². The summed E-state index contributed by atoms with van der Waals surface area (Å²) in [7, 11) is 0. The molecule has 3 N–H and O–H groups in total. The normalized spacial score (nSPS) is 14.1. The molecule has 0 aliphatic carbocycles. The zero-order valence-corrected chi connectivity index (χ0v) is 10.2. The molecular formula is C12H15F3N2O. The molecule has 1 unspecified atom stereocenters. The Bertz CT molecular complexity index is 459. The van der Waals surface area contributed by atoms with E-state index in [9.17, 15) is 18.0 Å². The lowest BCUT2D eigenvalue weighted by molar-refractivity contribution is -0.124. The van der Waals surface area contributed by atoms with Crippen LogP contribution in [-0.4, -0.2) is 12.5 Å². The zero-order valence-electron chi connectivity index (χ0n) is 10.2. The summed E-state index contributed by atoms with van der Waals surface area (Å²) in [6.07, 6.45) is 0.425. The molecule has 0 bridgehead atoms. The van der Waals surface area contributed by atoms with Crippen molar-refractivity contribution in [2.24, 2.45) is 11.1 Å². The number of hydrogen-bond acceptors (Lipinski definition) is 2. The highest BCUT2D eigenvalue weighted by Crippen LogP contribution is 2.24. The van der Waals surface area contributed by atoms with E-state index in [1.54, 1.807) is 13.8 Å². The number of nitrogens with two attached hydrogens (primary N) is 1. The molecule has 0 heterocycles. The lowest BCUT2D eigenvalue weighted by Gasteiger charge is -2.25. The largest absolute Gasteiger partial charge is 0.329 e. The number of nitrogens with one attached hydrogen (secondary N) is 1. The third kappa shape index (κ3) is 2.81. The van der Waals surface area contributed by atoms with Gasteiger partial charge in [0.2, 0.25) is 5.91 Å². The molecule has 100 valence electrons. The average molecular weight is 260 g/mol. The standard InChI is InChI=1S/C12H15F3N2O/c1-3-12(2,6-16)11(18)17-9-5-7(13)4-8(14)10(9)15/h4-5H,3,6,16H2,1-2H3,(H,17,18). The Morgan fingerprint density at radius 1 is 1.39 bits per heavy atom. The van der Waals surface area contributed by atoms with Crippen LogP contribution in [0.5, 0.6) is 0 Å². The van der Waals surface area contributed by atoms with Crippen molar-refractivity contribution in [3.8, 4) is 0 Å². The Balaban J connectivity index is 3.02. The molecule has 0 aliphatic heterocycles. The summed E-state index contributed by atoms with van der Waals surface area (Å²) in [6, 6.07) is 1.13. The summed E-state index contributed by atoms with van der Waals surface area (Å²) in [5, 5.41) is 2.16. The second kappa shape index (κ2) is 5.39. The van der Waals surface area contributed by atoms with Crippen molar-refractivity contribution >= 4 is 11.6 Å². The van der Waals surface area contributed by atoms with Gasteiger partial charge in [0.05, 0.1) is 11.1 Å². The van der Waals surface area contributed by atoms with Crippen LogP contribution in [0.15, 0.2) is 12.1 Å². The van der Waals surface area contributed by atoms with E-state index in [1.807, 2.05) is 0 Å². The predicted molar refractivity (Wildman–Crippen MR) is 62.4 cm³/mol. The summed E-state index contributed by atoms with van der Waals surface area (Å²) < 4.78 is 39.2. The molecule has 0 spiro atoms. The number of carbonyl (C=O) groups excluding carboxylic acids is 1. The molecule has 1 atom stereocenters. The van der Waals surface area contributed by atoms with Crippen LogP contribution in [0.4, 0.5) is 18.9 Å². The Hall–Kier alpha value is -1.56. The Labute approximate surface area is 103 Å². The maximum Gasteiger partial charge on any atom is 0.231 e. The molecule has 1 rings (SSSR count). The van der Waals surface area contributed by atoms with E-state index >= 15 is 0 Å². The number of amides is 1. The predicted octanol–water partition coefficient (Wildman–Crippen LogP) is 2.42. The first kappa shape index (κ1) is 14.5. The molecule has 0 fully saturated rings. The molecule has 0 saturated heterocycles. The maximum atomic E-state index is 13.4. The highest BCUT2D eigenvalue weighted by atomic mass is 19.2. The SMILES string of the molecule is CCC(C)(CN)C(=O)Nc1cc(F)cc(F)c1F. The Morgan fingerprint density at radius 3 is 2.50 bits per heavy atom. The number of benzene rings is 1. The van der Waals surface area contributed by atoms with E-state index in [0.29, 0.717) is 12.5 Å². The maximum absolute atomic E-state index is 13.4. The van der Waals surface area contributed by atoms with E-state index in [2.05, 4.69) is 5.32 Å². The number of halogens is 3. The summed E-state index contributed by atoms with van der Waals surface area (Å²) in [5.41, 5.74) is 4.04. The second-order valence-electron chi connectivity index (χ2n) is 4.32. The highest BCUT2D eigenvalue weighted by molar-refractivity contribution is 5.95. The van der Waals surface area contributed by atoms with Gasteiger partial charge in [0, 0.05) is 18.7 Å². The second-order valence-corrected chi connectivity index (χ2v) is 4.32. The van der Waals surface area contributed by atoms with Crippen LogP contribution in [0, 0.1) is 22.9 Å². The van der Waals surface area contributed by atoms with E-state index in [-0.39, 0.29) is 6.54 Å². The summed E-state index contributed by atoms with van der Waals surface area (Å²) in [5.74, 6) is -4.18. The fourth-order valence-electron chi connectivity index (χ4n) is 1.32. The minimum atomic E-state index is -1.35. The fourth-order valence-corrected chi connectivity index (χ4v) is 1.32. The lowest BCUT2D eigenvalue weighted by atomic mass is 9.86. The van der Waals surface area contributed by atoms with Crippen LogP contribution in [0.2, 0.25) is 0 Å². The number of anilines is 1. The van der Waals surface area contributed by atoms with E-state index in [4.69, 9.17) is 5.73 Å². The van der Waals surface area contributed by atoms with Crippen molar-refractivity contribution in [2.75, 3.05) is 11.9 Å². The summed E-state index contributed by atoms with van der Waals surface area (Å²) in [6.45, 7) is 3.39. The molecule has 0 saturated carbocycles. The Kier molecular flexibility index (Phi) is 4.34. The van der Waals surface area contributed by atoms with Gasteiger partial charge in [-0.15, -0.1) is 0 Å². The van der Waals surface area contributed by atoms with Gasteiger partial charge >= 0.3 is 0 Å². The van der Waals surface area contributed by atoms with Crippen molar-refractivity contribution in [1.29, 1.82) is 0 Å². The molecule has 0 radical (unpaired) electrons. The molecule has 1 aromatic rings. The van der Waals surface area contributed by atoms with Crippen LogP contribution in [0.1, 0.15) is 20.3 Å². The first-order valence-electron chi connectivity index (χ1n) is 5.50. The zero-order chi connectivity index (χ0) is 13.9. The number of rotatable bonds is 4. The molecule has 1 aromatic carbocycles. The quantitative estimate of drug-likeness (QED) is 0.817. The van der Waals surface area contributed by atoms with Crippen LogP contribution in [0.25, 0.3) is 0 Å². The smallest absolute Gasteiger partial charge is 0.231 e. The average Bonchev–Trinajstić information content (AvgIpc) is 2.34. The number of hydrogen-bond donors (Lipinski definition) is 2. The number of carbonyl (C=O) groups is 1. The van der Waals surface area contributed by atoms with Crippen LogP contribution in [0.3, 0.4) is 0 Å². The van der Waals surface area contributed by atoms with Crippen LogP contribution in [-0.2, 0) is 4.79 Å². The highest BCUT2D eigenvalue weighted by Gasteiger charge is 2.30. The van der Waals surface area contributed by atoms with E-state index < -0.39 is 34.5 Å². The molecule has 0 aliphatic rings. The third-order valence-electron chi connectivity index (χ3n) is 3.02. The topological polar surface area (TPSA) is 55.1 Å². The summed E-state index contributed by atoms with van der Waals surface area (Å²) in [4.78, 5) is 11.9. The van der Waals surface area contributed by atoms with Gasteiger partial charge in [-0.2, -0.15) is 0 Å². The van der Waals surface area contributed by atoms with Gasteiger partial charge in [-0.1, -0.05) is 6.92 Å². The van der Waals surface area contributed by atoms with Gasteiger partial charge in [-0.05, 0) is 13.3 Å². The molecule has 1 amide bonds. The first-order valence-corrected chi connectivity index (χ1v) is 5.50. The van der Waals surface area contributed by atoms with Gasteiger partial charge < -0.3 is 11.1 Å². The van der Waals surface area contributed by atoms with Crippen molar-refractivity contribution in [1.82, 2.24) is 0 Å². The van der Waals surface area contributed by atoms with Crippen molar-refractivity contribution in [3.63, 3.8) is 0 Å². The van der Waals surface area contributed by atoms with Crippen molar-refractivity contribution in [2.45, 2.75) is 20.3 Å². The lowest BCUT2D eigenvalue weighted by Crippen LogP contribution is -2.39. The fraction of sp³-hybridized carbons (Fsp3) is 0.417. The van der Waals surface area contributed by atoms with Gasteiger partial charge in [0.15, 0.2) is 11.6 Å².